The van der Waals surface area contributed by atoms with Crippen LogP contribution in [0.4, 0.5) is 0 Å². The van der Waals surface area contributed by atoms with Gasteiger partial charge in [0.25, 0.3) is 0 Å². The summed E-state index contributed by atoms with van der Waals surface area (Å²) in [6.07, 6.45) is 2.57. The molecule has 100 valence electrons. The van der Waals surface area contributed by atoms with Crippen LogP contribution in [0, 0.1) is 0 Å². The summed E-state index contributed by atoms with van der Waals surface area (Å²) in [6, 6.07) is 0. The Morgan fingerprint density at radius 3 is 2.82 bits per heavy atom. The first-order valence-electron chi connectivity index (χ1n) is 5.75. The van der Waals surface area contributed by atoms with E-state index in [1.165, 1.54) is 0 Å². The number of nitrogens with one attached hydrogen (secondary N) is 1. The number of hydrogen-bond donors (Lipinski definition) is 3. The van der Waals surface area contributed by atoms with Crippen LogP contribution in [0.1, 0.15) is 19.8 Å². The smallest absolute Gasteiger partial charge is 0.332 e. The first-order chi connectivity index (χ1) is 7.94. The van der Waals surface area contributed by atoms with Crippen LogP contribution in [0.15, 0.2) is 0 Å². The van der Waals surface area contributed by atoms with Gasteiger partial charge in [0.1, 0.15) is 0 Å². The van der Waals surface area contributed by atoms with Gasteiger partial charge < -0.3 is 20.3 Å². The molecule has 3 N–H and O–H groups in total. The Hall–Kier alpha value is -0.300. The Morgan fingerprint density at radius 2 is 2.29 bits per heavy atom. The Labute approximate surface area is 106 Å². The maximum atomic E-state index is 10.7. The van der Waals surface area contributed by atoms with E-state index < -0.39 is 17.7 Å². The van der Waals surface area contributed by atoms with Crippen LogP contribution in [-0.2, 0) is 9.53 Å². The average Bonchev–Trinajstić information content (AvgIpc) is 2.66. The lowest BCUT2D eigenvalue weighted by atomic mass is 10.1. The predicted molar refractivity (Wildman–Crippen MR) is 67.4 cm³/mol. The fourth-order valence-corrected chi connectivity index (χ4v) is 2.63. The highest BCUT2D eigenvalue weighted by Crippen LogP contribution is 2.19. The molecular formula is C11H21NO4S. The van der Waals surface area contributed by atoms with E-state index in [1.807, 2.05) is 6.26 Å². The van der Waals surface area contributed by atoms with Crippen LogP contribution >= 0.6 is 11.8 Å². The molecule has 0 aliphatic carbocycles. The van der Waals surface area contributed by atoms with Gasteiger partial charge >= 0.3 is 5.97 Å². The summed E-state index contributed by atoms with van der Waals surface area (Å²) in [4.78, 5) is 10.7. The minimum atomic E-state index is -0.887. The lowest BCUT2D eigenvalue weighted by molar-refractivity contribution is -0.149. The molecule has 1 aliphatic heterocycles. The molecule has 0 radical (unpaired) electrons. The van der Waals surface area contributed by atoms with Gasteiger partial charge in [-0.25, -0.2) is 4.79 Å². The fraction of sp³-hybridized carbons (Fsp3) is 0.909. The number of carboxylic acids is 1. The van der Waals surface area contributed by atoms with Gasteiger partial charge in [0.05, 0.1) is 11.7 Å². The number of ether oxygens (including phenoxy) is 1. The number of carboxylic acid groups (broad SMARTS) is 1. The highest BCUT2D eigenvalue weighted by molar-refractivity contribution is 7.98. The molecular weight excluding hydrogens is 242 g/mol. The van der Waals surface area contributed by atoms with Gasteiger partial charge in [-0.15, -0.1) is 0 Å². The molecule has 17 heavy (non-hydrogen) atoms. The Kier molecular flexibility index (Phi) is 5.72. The van der Waals surface area contributed by atoms with E-state index >= 15 is 0 Å². The van der Waals surface area contributed by atoms with E-state index in [1.54, 1.807) is 18.7 Å². The van der Waals surface area contributed by atoms with Gasteiger partial charge in [-0.05, 0) is 26.0 Å². The third-order valence-corrected chi connectivity index (χ3v) is 3.63. The third-order valence-electron chi connectivity index (χ3n) is 2.72. The first-order valence-corrected chi connectivity index (χ1v) is 7.14. The summed E-state index contributed by atoms with van der Waals surface area (Å²) in [5.74, 6) is -0.217. The topological polar surface area (TPSA) is 78.8 Å². The fourth-order valence-electron chi connectivity index (χ4n) is 1.90. The summed E-state index contributed by atoms with van der Waals surface area (Å²) in [6.45, 7) is 2.87. The van der Waals surface area contributed by atoms with Crippen LogP contribution in [0.25, 0.3) is 0 Å². The zero-order valence-corrected chi connectivity index (χ0v) is 11.1. The first kappa shape index (κ1) is 14.8. The molecule has 0 spiro atoms. The molecule has 1 aliphatic rings. The van der Waals surface area contributed by atoms with Crippen molar-refractivity contribution < 1.29 is 19.7 Å². The minimum Gasteiger partial charge on any atom is -0.479 e. The number of aliphatic carboxylic acids is 1. The van der Waals surface area contributed by atoms with Gasteiger partial charge in [0.2, 0.25) is 0 Å². The van der Waals surface area contributed by atoms with Crippen molar-refractivity contribution in [3.8, 4) is 0 Å². The van der Waals surface area contributed by atoms with Crippen LogP contribution < -0.4 is 5.32 Å². The Balaban J connectivity index is 2.18. The van der Waals surface area contributed by atoms with Crippen molar-refractivity contribution >= 4 is 17.7 Å². The minimum absolute atomic E-state index is 0.0545. The van der Waals surface area contributed by atoms with Crippen molar-refractivity contribution in [3.63, 3.8) is 0 Å². The number of thioether (sulfide) groups is 1. The second kappa shape index (κ2) is 6.58. The largest absolute Gasteiger partial charge is 0.479 e. The second-order valence-electron chi connectivity index (χ2n) is 4.72. The van der Waals surface area contributed by atoms with E-state index in [4.69, 9.17) is 9.84 Å². The summed E-state index contributed by atoms with van der Waals surface area (Å²) < 4.78 is 5.35. The SMILES string of the molecule is CSCC(C)(O)CNCC1CCC(C(=O)O)O1. The van der Waals surface area contributed by atoms with Crippen molar-refractivity contribution in [2.24, 2.45) is 0 Å². The molecule has 1 heterocycles. The molecule has 0 bridgehead atoms. The maximum absolute atomic E-state index is 10.7. The maximum Gasteiger partial charge on any atom is 0.332 e. The van der Waals surface area contributed by atoms with E-state index in [0.717, 1.165) is 6.42 Å². The lowest BCUT2D eigenvalue weighted by Gasteiger charge is -2.23. The summed E-state index contributed by atoms with van der Waals surface area (Å²) in [7, 11) is 0. The van der Waals surface area contributed by atoms with Crippen molar-refractivity contribution in [2.45, 2.75) is 37.6 Å². The molecule has 3 unspecified atom stereocenters. The standard InChI is InChI=1S/C11H21NO4S/c1-11(15,7-17-2)6-12-5-8-3-4-9(16-8)10(13)14/h8-9,12,15H,3-7H2,1-2H3,(H,13,14). The summed E-state index contributed by atoms with van der Waals surface area (Å²) in [5.41, 5.74) is -0.732. The van der Waals surface area contributed by atoms with Gasteiger partial charge in [-0.1, -0.05) is 0 Å². The molecule has 1 rings (SSSR count). The van der Waals surface area contributed by atoms with Gasteiger partial charge in [0, 0.05) is 18.8 Å². The van der Waals surface area contributed by atoms with Crippen LogP contribution in [0.5, 0.6) is 0 Å². The Morgan fingerprint density at radius 1 is 1.59 bits per heavy atom. The predicted octanol–water partition coefficient (Wildman–Crippen LogP) is 0.322. The lowest BCUT2D eigenvalue weighted by Crippen LogP contribution is -2.42. The van der Waals surface area contributed by atoms with Crippen LogP contribution in [-0.4, -0.2) is 59.1 Å². The molecule has 6 heteroatoms. The van der Waals surface area contributed by atoms with Gasteiger partial charge in [0.15, 0.2) is 6.10 Å². The molecule has 0 aromatic rings. The monoisotopic (exact) mass is 263 g/mol. The van der Waals surface area contributed by atoms with E-state index in [2.05, 4.69) is 5.32 Å². The number of rotatable bonds is 7. The molecule has 1 fully saturated rings. The van der Waals surface area contributed by atoms with Gasteiger partial charge in [-0.3, -0.25) is 0 Å². The van der Waals surface area contributed by atoms with Crippen LogP contribution in [0.2, 0.25) is 0 Å². The average molecular weight is 263 g/mol. The molecule has 0 aromatic heterocycles. The quantitative estimate of drug-likeness (QED) is 0.614. The Bertz CT molecular complexity index is 260. The van der Waals surface area contributed by atoms with E-state index in [-0.39, 0.29) is 6.10 Å². The highest BCUT2D eigenvalue weighted by Gasteiger charge is 2.30. The summed E-state index contributed by atoms with van der Waals surface area (Å²) in [5, 5.41) is 21.8. The van der Waals surface area contributed by atoms with E-state index in [9.17, 15) is 9.90 Å². The van der Waals surface area contributed by atoms with Crippen molar-refractivity contribution in [3.05, 3.63) is 0 Å². The van der Waals surface area contributed by atoms with Crippen LogP contribution in [0.3, 0.4) is 0 Å². The second-order valence-corrected chi connectivity index (χ2v) is 5.59. The highest BCUT2D eigenvalue weighted by atomic mass is 32.2. The van der Waals surface area contributed by atoms with Gasteiger partial charge in [-0.2, -0.15) is 11.8 Å². The van der Waals surface area contributed by atoms with Crippen molar-refractivity contribution in [1.29, 1.82) is 0 Å². The number of hydrogen-bond acceptors (Lipinski definition) is 5. The summed E-state index contributed by atoms with van der Waals surface area (Å²) >= 11 is 1.60. The number of carbonyl (C=O) groups is 1. The molecule has 0 aromatic carbocycles. The zero-order valence-electron chi connectivity index (χ0n) is 10.3. The molecule has 5 nitrogen and oxygen atoms in total. The van der Waals surface area contributed by atoms with Crippen molar-refractivity contribution in [1.82, 2.24) is 5.32 Å². The molecule has 0 amide bonds. The normalized spacial score (nSPS) is 27.9. The molecule has 3 atom stereocenters. The van der Waals surface area contributed by atoms with E-state index in [0.29, 0.717) is 25.3 Å². The van der Waals surface area contributed by atoms with Crippen molar-refractivity contribution in [2.75, 3.05) is 25.1 Å². The number of aliphatic hydroxyl groups is 1. The molecule has 0 saturated carbocycles. The third kappa shape index (κ3) is 5.25. The molecule has 1 saturated heterocycles. The zero-order chi connectivity index (χ0) is 12.9.